The molecule has 1 aliphatic rings. The zero-order chi connectivity index (χ0) is 13.6. The molecule has 1 aliphatic heterocycles. The summed E-state index contributed by atoms with van der Waals surface area (Å²) in [5.41, 5.74) is 0. The standard InChI is InChI=1S/C12H20F3NO2/c13-12(14,15)6-1-7-16-8-4-10(5-9-16)2-3-11(17)18/h10H,1-9H2,(H,17,18). The first kappa shape index (κ1) is 15.3. The Labute approximate surface area is 105 Å². The smallest absolute Gasteiger partial charge is 0.389 e. The number of hydrogen-bond acceptors (Lipinski definition) is 2. The molecular formula is C12H20F3NO2. The Kier molecular flexibility index (Phi) is 5.91. The van der Waals surface area contributed by atoms with E-state index in [-0.39, 0.29) is 12.8 Å². The number of rotatable bonds is 6. The first-order valence-electron chi connectivity index (χ1n) is 6.38. The third-order valence-electron chi connectivity index (χ3n) is 3.41. The van der Waals surface area contributed by atoms with Crippen molar-refractivity contribution in [2.75, 3.05) is 19.6 Å². The molecule has 1 fully saturated rings. The molecule has 6 heteroatoms. The largest absolute Gasteiger partial charge is 0.481 e. The van der Waals surface area contributed by atoms with Gasteiger partial charge >= 0.3 is 12.1 Å². The van der Waals surface area contributed by atoms with Gasteiger partial charge < -0.3 is 10.0 Å². The summed E-state index contributed by atoms with van der Waals surface area (Å²) in [4.78, 5) is 12.5. The van der Waals surface area contributed by atoms with Crippen molar-refractivity contribution in [1.29, 1.82) is 0 Å². The Morgan fingerprint density at radius 3 is 2.39 bits per heavy atom. The van der Waals surface area contributed by atoms with Crippen molar-refractivity contribution in [1.82, 2.24) is 4.90 Å². The van der Waals surface area contributed by atoms with Crippen LogP contribution in [-0.2, 0) is 4.79 Å². The molecule has 0 spiro atoms. The number of nitrogens with zero attached hydrogens (tertiary/aromatic N) is 1. The van der Waals surface area contributed by atoms with E-state index in [9.17, 15) is 18.0 Å². The van der Waals surface area contributed by atoms with Crippen LogP contribution >= 0.6 is 0 Å². The molecule has 0 radical (unpaired) electrons. The Bertz CT molecular complexity index is 261. The third kappa shape index (κ3) is 6.83. The molecule has 106 valence electrons. The van der Waals surface area contributed by atoms with Crippen LogP contribution in [0.1, 0.15) is 38.5 Å². The molecule has 0 saturated carbocycles. The van der Waals surface area contributed by atoms with Crippen molar-refractivity contribution in [3.8, 4) is 0 Å². The number of halogens is 3. The van der Waals surface area contributed by atoms with E-state index in [2.05, 4.69) is 0 Å². The lowest BCUT2D eigenvalue weighted by Crippen LogP contribution is -2.35. The van der Waals surface area contributed by atoms with Gasteiger partial charge in [0.25, 0.3) is 0 Å². The highest BCUT2D eigenvalue weighted by molar-refractivity contribution is 5.66. The second-order valence-corrected chi connectivity index (χ2v) is 4.94. The molecule has 0 atom stereocenters. The van der Waals surface area contributed by atoms with Gasteiger partial charge in [-0.05, 0) is 51.2 Å². The van der Waals surface area contributed by atoms with E-state index in [1.807, 2.05) is 4.90 Å². The van der Waals surface area contributed by atoms with Gasteiger partial charge in [0.15, 0.2) is 0 Å². The molecule has 0 aliphatic carbocycles. The van der Waals surface area contributed by atoms with Gasteiger partial charge in [-0.3, -0.25) is 4.79 Å². The van der Waals surface area contributed by atoms with Gasteiger partial charge in [0, 0.05) is 12.8 Å². The van der Waals surface area contributed by atoms with E-state index in [1.165, 1.54) is 0 Å². The number of alkyl halides is 3. The molecule has 0 amide bonds. The van der Waals surface area contributed by atoms with Crippen molar-refractivity contribution in [2.24, 2.45) is 5.92 Å². The molecule has 0 aromatic heterocycles. The van der Waals surface area contributed by atoms with Gasteiger partial charge in [0.1, 0.15) is 0 Å². The summed E-state index contributed by atoms with van der Waals surface area (Å²) in [5.74, 6) is -0.359. The fraction of sp³-hybridized carbons (Fsp3) is 0.917. The summed E-state index contributed by atoms with van der Waals surface area (Å²) in [6.07, 6.45) is -1.93. The summed E-state index contributed by atoms with van der Waals surface area (Å²) in [7, 11) is 0. The van der Waals surface area contributed by atoms with Crippen molar-refractivity contribution in [3.63, 3.8) is 0 Å². The number of piperidine rings is 1. The summed E-state index contributed by atoms with van der Waals surface area (Å²) in [6, 6.07) is 0. The molecule has 0 unspecified atom stereocenters. The van der Waals surface area contributed by atoms with Gasteiger partial charge in [0.2, 0.25) is 0 Å². The van der Waals surface area contributed by atoms with Gasteiger partial charge in [-0.15, -0.1) is 0 Å². The molecule has 0 bridgehead atoms. The maximum atomic E-state index is 12.0. The van der Waals surface area contributed by atoms with Crippen LogP contribution in [0.2, 0.25) is 0 Å². The van der Waals surface area contributed by atoms with Crippen LogP contribution in [0.3, 0.4) is 0 Å². The van der Waals surface area contributed by atoms with Crippen LogP contribution in [0, 0.1) is 5.92 Å². The molecule has 1 N–H and O–H groups in total. The summed E-state index contributed by atoms with van der Waals surface area (Å²) in [5, 5.41) is 8.57. The van der Waals surface area contributed by atoms with E-state index in [4.69, 9.17) is 5.11 Å². The topological polar surface area (TPSA) is 40.5 Å². The van der Waals surface area contributed by atoms with Crippen LogP contribution in [0.4, 0.5) is 13.2 Å². The minimum absolute atomic E-state index is 0.156. The molecular weight excluding hydrogens is 247 g/mol. The maximum Gasteiger partial charge on any atom is 0.389 e. The summed E-state index contributed by atoms with van der Waals surface area (Å²) >= 11 is 0. The second kappa shape index (κ2) is 6.97. The van der Waals surface area contributed by atoms with E-state index in [0.717, 1.165) is 25.9 Å². The lowest BCUT2D eigenvalue weighted by molar-refractivity contribution is -0.137. The third-order valence-corrected chi connectivity index (χ3v) is 3.41. The lowest BCUT2D eigenvalue weighted by Gasteiger charge is -2.31. The molecule has 1 rings (SSSR count). The Morgan fingerprint density at radius 2 is 1.89 bits per heavy atom. The average molecular weight is 267 g/mol. The quantitative estimate of drug-likeness (QED) is 0.804. The van der Waals surface area contributed by atoms with Crippen LogP contribution < -0.4 is 0 Å². The predicted octanol–water partition coefficient (Wildman–Crippen LogP) is 2.91. The molecule has 1 heterocycles. The van der Waals surface area contributed by atoms with E-state index >= 15 is 0 Å². The van der Waals surface area contributed by atoms with Crippen LogP contribution in [0.25, 0.3) is 0 Å². The van der Waals surface area contributed by atoms with Crippen molar-refractivity contribution in [2.45, 2.75) is 44.7 Å². The van der Waals surface area contributed by atoms with E-state index < -0.39 is 18.6 Å². The Hall–Kier alpha value is -0.780. The minimum atomic E-state index is -4.06. The normalized spacial score (nSPS) is 19.1. The van der Waals surface area contributed by atoms with Gasteiger partial charge in [-0.1, -0.05) is 0 Å². The zero-order valence-electron chi connectivity index (χ0n) is 10.4. The van der Waals surface area contributed by atoms with Crippen molar-refractivity contribution >= 4 is 5.97 Å². The molecule has 1 saturated heterocycles. The Balaban J connectivity index is 2.10. The summed E-state index contributed by atoms with van der Waals surface area (Å²) in [6.45, 7) is 2.08. The highest BCUT2D eigenvalue weighted by Crippen LogP contribution is 2.24. The fourth-order valence-corrected chi connectivity index (χ4v) is 2.33. The molecule has 18 heavy (non-hydrogen) atoms. The molecule has 3 nitrogen and oxygen atoms in total. The van der Waals surface area contributed by atoms with E-state index in [1.54, 1.807) is 0 Å². The predicted molar refractivity (Wildman–Crippen MR) is 61.3 cm³/mol. The van der Waals surface area contributed by atoms with Gasteiger partial charge in [-0.25, -0.2) is 0 Å². The molecule has 0 aromatic carbocycles. The summed E-state index contributed by atoms with van der Waals surface area (Å²) < 4.78 is 35.9. The van der Waals surface area contributed by atoms with Gasteiger partial charge in [-0.2, -0.15) is 13.2 Å². The number of carboxylic acids is 1. The van der Waals surface area contributed by atoms with Crippen molar-refractivity contribution in [3.05, 3.63) is 0 Å². The highest BCUT2D eigenvalue weighted by Gasteiger charge is 2.27. The van der Waals surface area contributed by atoms with Gasteiger partial charge in [0.05, 0.1) is 0 Å². The van der Waals surface area contributed by atoms with Crippen LogP contribution in [-0.4, -0.2) is 41.8 Å². The molecule has 0 aromatic rings. The second-order valence-electron chi connectivity index (χ2n) is 4.94. The number of carboxylic acid groups (broad SMARTS) is 1. The lowest BCUT2D eigenvalue weighted by atomic mass is 9.92. The highest BCUT2D eigenvalue weighted by atomic mass is 19.4. The average Bonchev–Trinajstić information content (AvgIpc) is 2.26. The monoisotopic (exact) mass is 267 g/mol. The Morgan fingerprint density at radius 1 is 1.28 bits per heavy atom. The number of aliphatic carboxylic acids is 1. The SMILES string of the molecule is O=C(O)CCC1CCN(CCCC(F)(F)F)CC1. The van der Waals surface area contributed by atoms with Crippen LogP contribution in [0.5, 0.6) is 0 Å². The fourth-order valence-electron chi connectivity index (χ4n) is 2.33. The maximum absolute atomic E-state index is 12.0. The number of carbonyl (C=O) groups is 1. The number of hydrogen-bond donors (Lipinski definition) is 1. The number of likely N-dealkylation sites (tertiary alicyclic amines) is 1. The minimum Gasteiger partial charge on any atom is -0.481 e. The first-order chi connectivity index (χ1) is 8.37. The van der Waals surface area contributed by atoms with Crippen molar-refractivity contribution < 1.29 is 23.1 Å². The van der Waals surface area contributed by atoms with Crippen LogP contribution in [0.15, 0.2) is 0 Å². The zero-order valence-corrected chi connectivity index (χ0v) is 10.4. The van der Waals surface area contributed by atoms with E-state index in [0.29, 0.717) is 18.9 Å². The first-order valence-corrected chi connectivity index (χ1v) is 6.38.